The van der Waals surface area contributed by atoms with Crippen LogP contribution in [0.1, 0.15) is 92.9 Å². The molecule has 26 nitrogen and oxygen atoms in total. The maximum absolute atomic E-state index is 16.3. The summed E-state index contributed by atoms with van der Waals surface area (Å²) < 4.78 is 82.3. The van der Waals surface area contributed by atoms with Gasteiger partial charge < -0.3 is 68.4 Å². The molecule has 6 N–H and O–H groups in total. The molecule has 2 aliphatic heterocycles. The molecule has 4 aromatic rings. The highest BCUT2D eigenvalue weighted by Crippen LogP contribution is 2.65. The highest BCUT2D eigenvalue weighted by molar-refractivity contribution is 8.76. The number of hydrogen-bond donors (Lipinski definition) is 6. The van der Waals surface area contributed by atoms with E-state index in [1.54, 1.807) is 66.7 Å². The van der Waals surface area contributed by atoms with Crippen molar-refractivity contribution in [3.05, 3.63) is 142 Å². The molecule has 3 unspecified atom stereocenters. The van der Waals surface area contributed by atoms with Crippen LogP contribution in [0.25, 0.3) is 0 Å². The Morgan fingerprint density at radius 3 is 2.02 bits per heavy atom. The van der Waals surface area contributed by atoms with Gasteiger partial charge in [-0.2, -0.15) is 13.8 Å². The zero-order chi connectivity index (χ0) is 66.7. The molecule has 14 atom stereocenters. The molecule has 1 aromatic heterocycles. The van der Waals surface area contributed by atoms with Crippen molar-refractivity contribution in [2.75, 3.05) is 43.3 Å². The normalized spacial score (nSPS) is 29.0. The van der Waals surface area contributed by atoms with Crippen molar-refractivity contribution in [1.82, 2.24) is 14.9 Å². The molecular weight excluding hydrogens is 1250 g/mol. The van der Waals surface area contributed by atoms with Gasteiger partial charge in [0.25, 0.3) is 5.91 Å². The monoisotopic (exact) mass is 1320 g/mol. The van der Waals surface area contributed by atoms with E-state index in [9.17, 15) is 67.6 Å². The van der Waals surface area contributed by atoms with Crippen LogP contribution in [0.2, 0.25) is 0 Å². The van der Waals surface area contributed by atoms with Crippen LogP contribution in [0.3, 0.4) is 0 Å². The Morgan fingerprint density at radius 1 is 0.826 bits per heavy atom. The van der Waals surface area contributed by atoms with E-state index < -0.39 is 168 Å². The number of nitrogens with one attached hydrogen (secondary N) is 2. The molecule has 0 radical (unpaired) electrons. The number of Topliss-reactive ketones (excluding diaryl/α,β-unsaturated/α-hetero) is 1. The zero-order valence-electron chi connectivity index (χ0n) is 50.4. The van der Waals surface area contributed by atoms with Gasteiger partial charge in [-0.3, -0.25) is 29.1 Å². The SMILES string of the molecule is CC(=O)O[C@H]1C(=O)[C@]2(C)[C@@H](OC(=O)OCCSSCCOC(=O)Nc3ccn(C4OC(CO)C(O)C4(F)F)c(=O)n3)C[C@H]3OC[C@@]3(OC(C)=O)[C@H]2[C@H](OC(=O)c2ccccc2)[C@]2(O)C[C@H](OC(=O)[C@H](O)[C@@H](NC(=O)c3ccccc3)c3ccccc3)C(C)=C1C2(C)C. The van der Waals surface area contributed by atoms with Crippen LogP contribution in [-0.4, -0.2) is 182 Å². The summed E-state index contributed by atoms with van der Waals surface area (Å²) in [7, 11) is 2.35. The summed E-state index contributed by atoms with van der Waals surface area (Å²) in [6.07, 6.45) is -19.6. The van der Waals surface area contributed by atoms with Gasteiger partial charge in [-0.25, -0.2) is 24.0 Å². The van der Waals surface area contributed by atoms with Gasteiger partial charge in [0.05, 0.1) is 36.2 Å². The molecule has 2 bridgehead atoms. The number of amides is 2. The van der Waals surface area contributed by atoms with Crippen molar-refractivity contribution in [3.8, 4) is 0 Å². The molecule has 2 amide bonds. The van der Waals surface area contributed by atoms with Gasteiger partial charge in [-0.1, -0.05) is 102 Å². The third-order valence-corrected chi connectivity index (χ3v) is 19.8. The van der Waals surface area contributed by atoms with E-state index in [2.05, 4.69) is 15.6 Å². The summed E-state index contributed by atoms with van der Waals surface area (Å²) in [6.45, 7) is 6.00. The topological polar surface area (TPSA) is 360 Å². The van der Waals surface area contributed by atoms with Crippen LogP contribution in [0.15, 0.2) is 119 Å². The Kier molecular flexibility index (Phi) is 20.7. The number of carbonyl (C=O) groups excluding carboxylic acids is 8. The molecule has 92 heavy (non-hydrogen) atoms. The van der Waals surface area contributed by atoms with E-state index in [0.717, 1.165) is 26.1 Å². The third-order valence-electron chi connectivity index (χ3n) is 17.4. The number of halogens is 2. The van der Waals surface area contributed by atoms with Crippen LogP contribution in [-0.2, 0) is 61.8 Å². The Bertz CT molecular complexity index is 3530. The molecule has 0 spiro atoms. The van der Waals surface area contributed by atoms with Gasteiger partial charge in [-0.05, 0) is 60.9 Å². The predicted octanol–water partition coefficient (Wildman–Crippen LogP) is 4.97. The molecule has 494 valence electrons. The largest absolute Gasteiger partial charge is 0.508 e. The lowest BCUT2D eigenvalue weighted by atomic mass is 9.44. The van der Waals surface area contributed by atoms with Crippen LogP contribution in [0.4, 0.5) is 24.2 Å². The van der Waals surface area contributed by atoms with E-state index in [4.69, 9.17) is 42.6 Å². The second kappa shape index (κ2) is 27.8. The molecular formula is C62H68F2N4O22S2. The van der Waals surface area contributed by atoms with Crippen LogP contribution in [0, 0.1) is 16.7 Å². The zero-order valence-corrected chi connectivity index (χ0v) is 52.1. The standard InChI is InChI=1S/C62H68F2N4O22S2/c1-32-38(86-53(77)45(72)44(35-16-10-7-11-17-35)67-51(75)36-18-12-8-13-19-36)29-61(81)50(89-52(76)37-20-14-9-15-21-37)47-59(6,49(74)46(85-33(2)70)43(32)58(61,4)5)40(28-41-60(47,31-84-41)90-34(3)71)88-57(80)83-25-27-92-91-26-24-82-56(79)66-42-22-23-68(55(78)65-42)54-62(63,64)48(73)39(30-69)87-54/h7-23,38-41,44-48,50,54,69,72-73,81H,24-31H2,1-6H3,(H,67,75)(H,65,66,78,79)/t38-,39?,40-,41+,44-,45+,46+,47-,48?,50-,54?,59+,60-,61+/m0/s1. The minimum atomic E-state index is -3.96. The first kappa shape index (κ1) is 68.5. The van der Waals surface area contributed by atoms with Crippen molar-refractivity contribution in [3.63, 3.8) is 0 Å². The first-order chi connectivity index (χ1) is 43.6. The van der Waals surface area contributed by atoms with Crippen LogP contribution in [0.5, 0.6) is 0 Å². The van der Waals surface area contributed by atoms with Crippen molar-refractivity contribution >= 4 is 75.2 Å². The molecule has 5 aliphatic rings. The molecule has 3 aliphatic carbocycles. The van der Waals surface area contributed by atoms with E-state index in [1.165, 1.54) is 73.5 Å². The number of aromatic nitrogens is 2. The van der Waals surface area contributed by atoms with Crippen molar-refractivity contribution in [2.45, 2.75) is 133 Å². The number of aliphatic hydroxyl groups excluding tert-OH is 3. The smallest absolute Gasteiger partial charge is 0.456 e. The first-order valence-corrected chi connectivity index (χ1v) is 31.5. The number of alkyl halides is 2. The van der Waals surface area contributed by atoms with Gasteiger partial charge in [0, 0.05) is 55.4 Å². The molecule has 2 saturated carbocycles. The number of ketones is 1. The number of ether oxygens (including phenoxy) is 9. The Morgan fingerprint density at radius 2 is 1.45 bits per heavy atom. The van der Waals surface area contributed by atoms with Crippen LogP contribution >= 0.6 is 21.6 Å². The lowest BCUT2D eigenvalue weighted by Gasteiger charge is -2.67. The number of fused-ring (bicyclic) bond motifs is 5. The summed E-state index contributed by atoms with van der Waals surface area (Å²) >= 11 is 0. The maximum atomic E-state index is 16.3. The molecule has 3 aromatic carbocycles. The number of aliphatic hydroxyl groups is 4. The number of carbonyl (C=O) groups is 8. The highest BCUT2D eigenvalue weighted by atomic mass is 33.1. The number of benzene rings is 3. The van der Waals surface area contributed by atoms with Crippen LogP contribution < -0.4 is 16.3 Å². The average molecular weight is 1320 g/mol. The second-order valence-corrected chi connectivity index (χ2v) is 26.0. The third kappa shape index (κ3) is 13.4. The van der Waals surface area contributed by atoms with E-state index >= 15 is 4.79 Å². The van der Waals surface area contributed by atoms with Gasteiger partial charge in [0.2, 0.25) is 6.23 Å². The van der Waals surface area contributed by atoms with Gasteiger partial charge in [0.1, 0.15) is 55.2 Å². The Balaban J connectivity index is 0.957. The predicted molar refractivity (Wildman–Crippen MR) is 318 cm³/mol. The second-order valence-electron chi connectivity index (χ2n) is 23.3. The summed E-state index contributed by atoms with van der Waals surface area (Å²) in [5.41, 5.74) is -9.54. The summed E-state index contributed by atoms with van der Waals surface area (Å²) in [4.78, 5) is 129. The molecule has 4 fully saturated rings. The molecule has 3 heterocycles. The van der Waals surface area contributed by atoms with Crippen molar-refractivity contribution in [2.24, 2.45) is 16.7 Å². The average Bonchev–Trinajstić information content (AvgIpc) is 0.748. The number of nitrogens with zero attached hydrogens (tertiary/aromatic N) is 2. The quantitative estimate of drug-likeness (QED) is 0.0211. The van der Waals surface area contributed by atoms with Crippen molar-refractivity contribution < 1.29 is 110 Å². The lowest BCUT2D eigenvalue weighted by molar-refractivity contribution is -0.346. The number of hydrogen-bond acceptors (Lipinski definition) is 25. The number of esters is 4. The fraction of sp³-hybridized carbons (Fsp3) is 0.484. The van der Waals surface area contributed by atoms with Crippen molar-refractivity contribution in [1.29, 1.82) is 0 Å². The van der Waals surface area contributed by atoms with E-state index in [0.29, 0.717) is 10.1 Å². The lowest BCUT2D eigenvalue weighted by Crippen LogP contribution is -2.82. The maximum Gasteiger partial charge on any atom is 0.508 e. The van der Waals surface area contributed by atoms with E-state index in [1.807, 2.05) is 0 Å². The summed E-state index contributed by atoms with van der Waals surface area (Å²) in [6, 6.07) is 23.2. The summed E-state index contributed by atoms with van der Waals surface area (Å²) in [5.74, 6) is -11.7. The number of anilines is 1. The Labute approximate surface area is 532 Å². The fourth-order valence-corrected chi connectivity index (χ4v) is 14.5. The Hall–Kier alpha value is -7.84. The first-order valence-electron chi connectivity index (χ1n) is 29.0. The number of rotatable bonds is 21. The van der Waals surface area contributed by atoms with E-state index in [-0.39, 0.29) is 59.2 Å². The summed E-state index contributed by atoms with van der Waals surface area (Å²) in [5, 5.41) is 50.1. The fourth-order valence-electron chi connectivity index (χ4n) is 12.8. The molecule has 2 saturated heterocycles. The molecule has 9 rings (SSSR count). The minimum Gasteiger partial charge on any atom is -0.456 e. The van der Waals surface area contributed by atoms with Gasteiger partial charge in [-0.15, -0.1) is 0 Å². The van der Waals surface area contributed by atoms with Gasteiger partial charge >= 0.3 is 47.7 Å². The highest BCUT2D eigenvalue weighted by Gasteiger charge is 2.79. The molecule has 30 heteroatoms. The van der Waals surface area contributed by atoms with Gasteiger partial charge in [0.15, 0.2) is 29.7 Å². The minimum absolute atomic E-state index is 0.0309.